The number of hydrogen-bond donors (Lipinski definition) is 5. The zero-order chi connectivity index (χ0) is 32.2. The third kappa shape index (κ3) is 4.97. The van der Waals surface area contributed by atoms with Crippen LogP contribution in [0.25, 0.3) is 22.3 Å². The Hall–Kier alpha value is -4.24. The van der Waals surface area contributed by atoms with Crippen LogP contribution < -0.4 is 16.2 Å². The molecule has 2 atom stereocenters. The van der Waals surface area contributed by atoms with Gasteiger partial charge in [-0.3, -0.25) is 19.2 Å². The number of aliphatic hydroxyl groups is 3. The number of ether oxygens (including phenoxy) is 1. The van der Waals surface area contributed by atoms with Gasteiger partial charge >= 0.3 is 0 Å². The average molecular weight is 624 g/mol. The second-order valence-corrected chi connectivity index (χ2v) is 11.6. The summed E-state index contributed by atoms with van der Waals surface area (Å²) < 4.78 is 22.1. The van der Waals surface area contributed by atoms with Crippen LogP contribution in [0.2, 0.25) is 0 Å². The molecular weight excluding hydrogens is 589 g/mol. The Bertz CT molecular complexity index is 1810. The Balaban J connectivity index is 1.48. The molecule has 0 saturated carbocycles. The molecule has 6 rings (SSSR count). The lowest BCUT2D eigenvalue weighted by molar-refractivity contribution is -0.172. The first-order valence-corrected chi connectivity index (χ1v) is 14.8. The number of aromatic nitrogens is 2. The Morgan fingerprint density at radius 1 is 1.27 bits per heavy atom. The van der Waals surface area contributed by atoms with Gasteiger partial charge in [0.25, 0.3) is 5.56 Å². The Kier molecular flexibility index (Phi) is 7.93. The van der Waals surface area contributed by atoms with E-state index in [1.54, 1.807) is 6.92 Å². The molecule has 14 heteroatoms. The van der Waals surface area contributed by atoms with Crippen LogP contribution in [0.4, 0.5) is 4.39 Å². The molecule has 1 fully saturated rings. The van der Waals surface area contributed by atoms with E-state index in [1.165, 1.54) is 28.5 Å². The van der Waals surface area contributed by atoms with Gasteiger partial charge in [-0.25, -0.2) is 9.37 Å². The van der Waals surface area contributed by atoms with Crippen molar-refractivity contribution in [2.75, 3.05) is 26.3 Å². The van der Waals surface area contributed by atoms with E-state index in [4.69, 9.17) is 9.72 Å². The molecule has 238 valence electrons. The van der Waals surface area contributed by atoms with Gasteiger partial charge in [0, 0.05) is 35.5 Å². The molecule has 0 bridgehead atoms. The fourth-order valence-electron chi connectivity index (χ4n) is 6.81. The first-order valence-electron chi connectivity index (χ1n) is 14.8. The molecule has 2 unspecified atom stereocenters. The SMILES string of the molecule is CCC(O)(O)c1cc2n(c(=O)c1CO)Cc1c-2nc2cc(F)c(C)c3c2c1C(NC(=O)C1COCCN1C(=O)CNC=O)CC3. The highest BCUT2D eigenvalue weighted by Crippen LogP contribution is 2.45. The number of carbonyl (C=O) groups is 3. The van der Waals surface area contributed by atoms with Crippen molar-refractivity contribution in [3.8, 4) is 11.4 Å². The molecule has 2 aliphatic heterocycles. The summed E-state index contributed by atoms with van der Waals surface area (Å²) in [5.41, 5.74) is 2.50. The summed E-state index contributed by atoms with van der Waals surface area (Å²) in [6, 6.07) is 1.18. The van der Waals surface area contributed by atoms with Gasteiger partial charge in [0.2, 0.25) is 18.2 Å². The molecule has 45 heavy (non-hydrogen) atoms. The number of amides is 3. The minimum Gasteiger partial charge on any atom is -0.391 e. The molecule has 3 amide bonds. The van der Waals surface area contributed by atoms with Crippen molar-refractivity contribution in [3.05, 3.63) is 61.7 Å². The molecule has 1 saturated heterocycles. The van der Waals surface area contributed by atoms with Crippen LogP contribution >= 0.6 is 0 Å². The minimum absolute atomic E-state index is 0.0295. The van der Waals surface area contributed by atoms with Crippen LogP contribution in [0.1, 0.15) is 59.2 Å². The fraction of sp³-hybridized carbons (Fsp3) is 0.452. The zero-order valence-corrected chi connectivity index (χ0v) is 24.9. The number of hydrogen-bond acceptors (Lipinski definition) is 9. The van der Waals surface area contributed by atoms with Crippen molar-refractivity contribution in [2.45, 2.75) is 64.1 Å². The first kappa shape index (κ1) is 30.8. The van der Waals surface area contributed by atoms with Gasteiger partial charge in [-0.05, 0) is 42.5 Å². The third-order valence-electron chi connectivity index (χ3n) is 9.22. The van der Waals surface area contributed by atoms with Crippen LogP contribution in [-0.2, 0) is 44.5 Å². The van der Waals surface area contributed by atoms with Crippen LogP contribution in [0.3, 0.4) is 0 Å². The third-order valence-corrected chi connectivity index (χ3v) is 9.22. The zero-order valence-electron chi connectivity index (χ0n) is 24.9. The van der Waals surface area contributed by atoms with Gasteiger partial charge in [0.15, 0.2) is 5.79 Å². The second-order valence-electron chi connectivity index (χ2n) is 11.6. The predicted molar refractivity (Wildman–Crippen MR) is 157 cm³/mol. The monoisotopic (exact) mass is 623 g/mol. The molecule has 2 aromatic heterocycles. The van der Waals surface area contributed by atoms with E-state index < -0.39 is 47.7 Å². The minimum atomic E-state index is -2.39. The van der Waals surface area contributed by atoms with Gasteiger partial charge < -0.3 is 40.2 Å². The summed E-state index contributed by atoms with van der Waals surface area (Å²) in [5.74, 6) is -3.73. The lowest BCUT2D eigenvalue weighted by Gasteiger charge is -2.36. The summed E-state index contributed by atoms with van der Waals surface area (Å²) in [6.07, 6.45) is 1.09. The molecule has 1 aromatic carbocycles. The molecule has 3 aromatic rings. The van der Waals surface area contributed by atoms with Crippen molar-refractivity contribution < 1.29 is 38.8 Å². The van der Waals surface area contributed by atoms with E-state index in [0.717, 1.165) is 5.56 Å². The Morgan fingerprint density at radius 2 is 2.04 bits per heavy atom. The van der Waals surface area contributed by atoms with Crippen LogP contribution in [0.5, 0.6) is 0 Å². The topological polar surface area (TPSA) is 183 Å². The predicted octanol–water partition coefficient (Wildman–Crippen LogP) is -0.0107. The lowest BCUT2D eigenvalue weighted by Crippen LogP contribution is -2.57. The van der Waals surface area contributed by atoms with E-state index in [0.29, 0.717) is 52.5 Å². The van der Waals surface area contributed by atoms with Crippen LogP contribution in [-0.4, -0.2) is 80.3 Å². The number of rotatable bonds is 8. The van der Waals surface area contributed by atoms with Crippen LogP contribution in [0, 0.1) is 12.7 Å². The highest BCUT2D eigenvalue weighted by atomic mass is 19.1. The molecule has 5 N–H and O–H groups in total. The number of morpholine rings is 1. The number of aliphatic hydroxyl groups excluding tert-OH is 1. The van der Waals surface area contributed by atoms with E-state index in [-0.39, 0.29) is 56.1 Å². The van der Waals surface area contributed by atoms with E-state index in [2.05, 4.69) is 10.6 Å². The van der Waals surface area contributed by atoms with Gasteiger partial charge in [-0.15, -0.1) is 0 Å². The number of nitrogens with one attached hydrogen (secondary N) is 2. The van der Waals surface area contributed by atoms with Gasteiger partial charge in [-0.1, -0.05) is 6.92 Å². The Labute approximate surface area is 256 Å². The number of carbonyl (C=O) groups excluding carboxylic acids is 3. The quantitative estimate of drug-likeness (QED) is 0.133. The maximum Gasteiger partial charge on any atom is 0.257 e. The summed E-state index contributed by atoms with van der Waals surface area (Å²) in [6.45, 7) is 2.63. The molecule has 0 spiro atoms. The number of benzene rings is 1. The van der Waals surface area contributed by atoms with Crippen molar-refractivity contribution >= 4 is 29.1 Å². The largest absolute Gasteiger partial charge is 0.391 e. The molecule has 1 aliphatic carbocycles. The molecule has 3 aliphatic rings. The normalized spacial score (nSPS) is 18.8. The molecular formula is C31H34FN5O8. The van der Waals surface area contributed by atoms with E-state index in [1.807, 2.05) is 0 Å². The van der Waals surface area contributed by atoms with Crippen molar-refractivity contribution in [1.82, 2.24) is 25.1 Å². The van der Waals surface area contributed by atoms with Crippen molar-refractivity contribution in [2.24, 2.45) is 0 Å². The van der Waals surface area contributed by atoms with E-state index in [9.17, 15) is 34.5 Å². The summed E-state index contributed by atoms with van der Waals surface area (Å²) >= 11 is 0. The fourth-order valence-corrected chi connectivity index (χ4v) is 6.81. The summed E-state index contributed by atoms with van der Waals surface area (Å²) in [7, 11) is 0. The molecule has 13 nitrogen and oxygen atoms in total. The number of nitrogens with zero attached hydrogens (tertiary/aromatic N) is 3. The summed E-state index contributed by atoms with van der Waals surface area (Å²) in [5, 5.41) is 37.5. The lowest BCUT2D eigenvalue weighted by atomic mass is 9.81. The number of aryl methyl sites for hydroxylation is 1. The van der Waals surface area contributed by atoms with Crippen molar-refractivity contribution in [3.63, 3.8) is 0 Å². The maximum atomic E-state index is 15.1. The number of halogens is 1. The van der Waals surface area contributed by atoms with Crippen molar-refractivity contribution in [1.29, 1.82) is 0 Å². The average Bonchev–Trinajstić information content (AvgIpc) is 3.41. The standard InChI is InChI=1S/C31H34FN5O8/c1-3-31(43,44)19-8-23-28-17(11-37(23)30(42)18(19)12-38)27-21(5-4-16-15(2)20(32)9-22(34-28)26(16)27)35-29(41)24-13-45-7-6-36(24)25(40)10-33-14-39/h8-9,14,21,24,38,43-44H,3-7,10-13H2,1-2H3,(H,33,39)(H,35,41). The van der Waals surface area contributed by atoms with E-state index >= 15 is 4.39 Å². The van der Waals surface area contributed by atoms with Gasteiger partial charge in [0.1, 0.15) is 11.9 Å². The number of pyridine rings is 2. The highest BCUT2D eigenvalue weighted by Gasteiger charge is 2.39. The first-order chi connectivity index (χ1) is 21.5. The van der Waals surface area contributed by atoms with Crippen LogP contribution in [0.15, 0.2) is 16.9 Å². The highest BCUT2D eigenvalue weighted by molar-refractivity contribution is 5.94. The number of fused-ring (bicyclic) bond motifs is 4. The molecule has 4 heterocycles. The second kappa shape index (κ2) is 11.6. The molecule has 0 radical (unpaired) electrons. The van der Waals surface area contributed by atoms with Gasteiger partial charge in [0.05, 0.1) is 61.4 Å². The van der Waals surface area contributed by atoms with Gasteiger partial charge in [-0.2, -0.15) is 0 Å². The Morgan fingerprint density at radius 3 is 2.76 bits per heavy atom. The smallest absolute Gasteiger partial charge is 0.257 e. The summed E-state index contributed by atoms with van der Waals surface area (Å²) in [4.78, 5) is 57.0. The maximum absolute atomic E-state index is 15.1.